The van der Waals surface area contributed by atoms with Crippen molar-refractivity contribution < 1.29 is 0 Å². The van der Waals surface area contributed by atoms with Gasteiger partial charge in [0.25, 0.3) is 0 Å². The lowest BCUT2D eigenvalue weighted by molar-refractivity contribution is 1.07. The van der Waals surface area contributed by atoms with E-state index in [2.05, 4.69) is 223 Å². The highest BCUT2D eigenvalue weighted by molar-refractivity contribution is 7.25. The summed E-state index contributed by atoms with van der Waals surface area (Å²) in [7, 11) is 0. The Morgan fingerprint density at radius 3 is 1.73 bits per heavy atom. The zero-order chi connectivity index (χ0) is 42.1. The molecule has 0 spiro atoms. The van der Waals surface area contributed by atoms with Crippen LogP contribution in [0.4, 0.5) is 0 Å². The fraction of sp³-hybridized carbons (Fsp3) is 0. The van der Waals surface area contributed by atoms with E-state index < -0.39 is 0 Å². The smallest absolute Gasteiger partial charge is 0.164 e. The summed E-state index contributed by atoms with van der Waals surface area (Å²) >= 11 is 1.81. The van der Waals surface area contributed by atoms with Crippen molar-refractivity contribution >= 4 is 74.9 Å². The molecule has 0 aliphatic rings. The molecule has 0 saturated heterocycles. The van der Waals surface area contributed by atoms with Crippen LogP contribution in [0, 0.1) is 0 Å². The molecule has 0 radical (unpaired) electrons. The molecular formula is C59H36N4S. The quantitative estimate of drug-likeness (QED) is 0.157. The Bertz CT molecular complexity index is 3960. The SMILES string of the molecule is c1ccc(-c2ccc3c4cc(-c5nc(-c6cccc(-c7cccc8ccc9ccccc9c78)c6)nc(-c6ccc7sc8ccccc8c7c6)n5)ccc4n(-c4ccccc4)c3c2)cc1. The number of aromatic nitrogens is 4. The molecule has 0 bridgehead atoms. The van der Waals surface area contributed by atoms with Crippen molar-refractivity contribution in [3.8, 4) is 62.1 Å². The van der Waals surface area contributed by atoms with Gasteiger partial charge < -0.3 is 4.57 Å². The van der Waals surface area contributed by atoms with Gasteiger partial charge in [-0.3, -0.25) is 0 Å². The van der Waals surface area contributed by atoms with Gasteiger partial charge in [0.1, 0.15) is 0 Å². The Labute approximate surface area is 373 Å². The number of fused-ring (bicyclic) bond motifs is 9. The highest BCUT2D eigenvalue weighted by atomic mass is 32.1. The lowest BCUT2D eigenvalue weighted by atomic mass is 9.93. The van der Waals surface area contributed by atoms with Crippen molar-refractivity contribution in [1.29, 1.82) is 0 Å². The van der Waals surface area contributed by atoms with E-state index >= 15 is 0 Å². The minimum absolute atomic E-state index is 0.625. The molecule has 3 heterocycles. The average Bonchev–Trinajstić information content (AvgIpc) is 3.91. The van der Waals surface area contributed by atoms with Crippen LogP contribution >= 0.6 is 11.3 Å². The van der Waals surface area contributed by atoms with Gasteiger partial charge in [-0.2, -0.15) is 0 Å². The summed E-state index contributed by atoms with van der Waals surface area (Å²) in [5, 5.41) is 9.66. The Kier molecular flexibility index (Phi) is 8.36. The highest BCUT2D eigenvalue weighted by Gasteiger charge is 2.19. The summed E-state index contributed by atoms with van der Waals surface area (Å²) in [5.74, 6) is 1.89. The van der Waals surface area contributed by atoms with E-state index in [0.717, 1.165) is 44.4 Å². The minimum atomic E-state index is 0.625. The average molecular weight is 833 g/mol. The summed E-state index contributed by atoms with van der Waals surface area (Å²) in [4.78, 5) is 15.9. The van der Waals surface area contributed by atoms with Crippen LogP contribution < -0.4 is 0 Å². The van der Waals surface area contributed by atoms with Gasteiger partial charge in [-0.05, 0) is 111 Å². The Hall–Kier alpha value is -8.25. The van der Waals surface area contributed by atoms with Crippen LogP contribution in [0.3, 0.4) is 0 Å². The molecule has 0 amide bonds. The van der Waals surface area contributed by atoms with Gasteiger partial charge in [0.2, 0.25) is 0 Å². The van der Waals surface area contributed by atoms with E-state index in [9.17, 15) is 0 Å². The summed E-state index contributed by atoms with van der Waals surface area (Å²) in [6, 6.07) is 78.2. The number of hydrogen-bond acceptors (Lipinski definition) is 4. The highest BCUT2D eigenvalue weighted by Crippen LogP contribution is 2.40. The Morgan fingerprint density at radius 1 is 0.312 bits per heavy atom. The van der Waals surface area contributed by atoms with Crippen molar-refractivity contribution in [2.75, 3.05) is 0 Å². The van der Waals surface area contributed by atoms with Gasteiger partial charge in [-0.1, -0.05) is 152 Å². The maximum Gasteiger partial charge on any atom is 0.164 e. The zero-order valence-corrected chi connectivity index (χ0v) is 35.3. The lowest BCUT2D eigenvalue weighted by Gasteiger charge is -2.12. The standard InChI is InChI=1S/C59H36N4S/c1-3-13-37(14-4-1)40-27-30-48-50-34-43(28-31-52(50)63(53(48)36-40)45-19-5-2-6-20-45)58-60-57(61-59(62-58)44-29-32-55-51(35-44)49-22-9-10-24-54(49)64-55)42-18-11-17-41(33-42)47-23-12-16-39-26-25-38-15-7-8-21-46(38)56(39)47/h1-36H. The van der Waals surface area contributed by atoms with Crippen LogP contribution in [-0.4, -0.2) is 19.5 Å². The topological polar surface area (TPSA) is 43.6 Å². The number of nitrogens with zero attached hydrogens (tertiary/aromatic N) is 4. The molecule has 0 aliphatic carbocycles. The predicted octanol–water partition coefficient (Wildman–Crippen LogP) is 16.0. The third-order valence-corrected chi connectivity index (χ3v) is 13.8. The van der Waals surface area contributed by atoms with Crippen molar-refractivity contribution in [3.63, 3.8) is 0 Å². The first-order valence-electron chi connectivity index (χ1n) is 21.6. The van der Waals surface area contributed by atoms with E-state index in [1.165, 1.54) is 63.8 Å². The molecule has 4 nitrogen and oxygen atoms in total. The van der Waals surface area contributed by atoms with Crippen molar-refractivity contribution in [2.24, 2.45) is 0 Å². The first-order valence-corrected chi connectivity index (χ1v) is 22.4. The van der Waals surface area contributed by atoms with Crippen LogP contribution in [0.15, 0.2) is 218 Å². The third kappa shape index (κ3) is 6.01. The summed E-state index contributed by atoms with van der Waals surface area (Å²) < 4.78 is 4.88. The minimum Gasteiger partial charge on any atom is -0.309 e. The summed E-state index contributed by atoms with van der Waals surface area (Å²) in [5.41, 5.74) is 10.8. The Morgan fingerprint density at radius 2 is 0.906 bits per heavy atom. The first kappa shape index (κ1) is 36.4. The monoisotopic (exact) mass is 832 g/mol. The molecule has 10 aromatic carbocycles. The van der Waals surface area contributed by atoms with E-state index in [1.54, 1.807) is 0 Å². The second-order valence-electron chi connectivity index (χ2n) is 16.4. The molecule has 13 rings (SSSR count). The molecule has 3 aromatic heterocycles. The van der Waals surface area contributed by atoms with Crippen molar-refractivity contribution in [1.82, 2.24) is 19.5 Å². The van der Waals surface area contributed by atoms with Crippen LogP contribution in [0.5, 0.6) is 0 Å². The lowest BCUT2D eigenvalue weighted by Crippen LogP contribution is -2.00. The maximum atomic E-state index is 5.33. The van der Waals surface area contributed by atoms with Gasteiger partial charge >= 0.3 is 0 Å². The number of rotatable bonds is 6. The molecule has 0 N–H and O–H groups in total. The molecule has 0 aliphatic heterocycles. The maximum absolute atomic E-state index is 5.33. The molecule has 5 heteroatoms. The van der Waals surface area contributed by atoms with Crippen LogP contribution in [0.25, 0.3) is 126 Å². The molecule has 0 atom stereocenters. The summed E-state index contributed by atoms with van der Waals surface area (Å²) in [6.45, 7) is 0. The van der Waals surface area contributed by atoms with Crippen LogP contribution in [0.2, 0.25) is 0 Å². The van der Waals surface area contributed by atoms with Crippen LogP contribution in [-0.2, 0) is 0 Å². The predicted molar refractivity (Wildman–Crippen MR) is 269 cm³/mol. The molecule has 64 heavy (non-hydrogen) atoms. The number of para-hydroxylation sites is 1. The molecule has 0 saturated carbocycles. The molecule has 0 unspecified atom stereocenters. The van der Waals surface area contributed by atoms with Crippen molar-refractivity contribution in [3.05, 3.63) is 218 Å². The molecule has 298 valence electrons. The van der Waals surface area contributed by atoms with Gasteiger partial charge in [0.15, 0.2) is 17.5 Å². The second kappa shape index (κ2) is 14.7. The van der Waals surface area contributed by atoms with Gasteiger partial charge in [0, 0.05) is 53.3 Å². The molecular weight excluding hydrogens is 797 g/mol. The summed E-state index contributed by atoms with van der Waals surface area (Å²) in [6.07, 6.45) is 0. The van der Waals surface area contributed by atoms with E-state index in [1.807, 2.05) is 11.3 Å². The van der Waals surface area contributed by atoms with E-state index in [4.69, 9.17) is 15.0 Å². The molecule has 0 fully saturated rings. The Balaban J connectivity index is 1.02. The fourth-order valence-corrected chi connectivity index (χ4v) is 10.7. The zero-order valence-electron chi connectivity index (χ0n) is 34.5. The number of benzene rings is 10. The number of hydrogen-bond donors (Lipinski definition) is 0. The third-order valence-electron chi connectivity index (χ3n) is 12.6. The van der Waals surface area contributed by atoms with Crippen LogP contribution in [0.1, 0.15) is 0 Å². The van der Waals surface area contributed by atoms with E-state index in [0.29, 0.717) is 17.5 Å². The second-order valence-corrected chi connectivity index (χ2v) is 17.5. The first-order chi connectivity index (χ1) is 31.7. The van der Waals surface area contributed by atoms with E-state index in [-0.39, 0.29) is 0 Å². The molecule has 13 aromatic rings. The van der Waals surface area contributed by atoms with Gasteiger partial charge in [0.05, 0.1) is 11.0 Å². The largest absolute Gasteiger partial charge is 0.309 e. The van der Waals surface area contributed by atoms with Gasteiger partial charge in [-0.15, -0.1) is 11.3 Å². The van der Waals surface area contributed by atoms with Gasteiger partial charge in [-0.25, -0.2) is 15.0 Å². The normalized spacial score (nSPS) is 11.8. The fourth-order valence-electron chi connectivity index (χ4n) is 9.58. The number of thiophene rings is 1. The van der Waals surface area contributed by atoms with Crippen molar-refractivity contribution in [2.45, 2.75) is 0 Å².